The Morgan fingerprint density at radius 1 is 1.00 bits per heavy atom. The zero-order chi connectivity index (χ0) is 13.0. The van der Waals surface area contributed by atoms with E-state index in [1.54, 1.807) is 0 Å². The summed E-state index contributed by atoms with van der Waals surface area (Å²) in [5, 5.41) is 10.8. The summed E-state index contributed by atoms with van der Waals surface area (Å²) in [6.07, 6.45) is 1.81. The van der Waals surface area contributed by atoms with Crippen molar-refractivity contribution < 1.29 is 5.11 Å². The highest BCUT2D eigenvalue weighted by Gasteiger charge is 2.32. The minimum Gasteiger partial charge on any atom is -0.384 e. The molecule has 0 aliphatic heterocycles. The van der Waals surface area contributed by atoms with Crippen molar-refractivity contribution in [2.45, 2.75) is 18.4 Å². The van der Waals surface area contributed by atoms with Crippen molar-refractivity contribution in [2.24, 2.45) is 0 Å². The van der Waals surface area contributed by atoms with Crippen LogP contribution in [0.4, 0.5) is 0 Å². The summed E-state index contributed by atoms with van der Waals surface area (Å²) >= 11 is 0. The molecular weight excluding hydrogens is 220 g/mol. The molecule has 0 radical (unpaired) electrons. The van der Waals surface area contributed by atoms with Gasteiger partial charge in [0.1, 0.15) is 0 Å². The zero-order valence-electron chi connectivity index (χ0n) is 10.6. The topological polar surface area (TPSA) is 20.2 Å². The van der Waals surface area contributed by atoms with E-state index in [9.17, 15) is 5.11 Å². The average molecular weight is 238 g/mol. The fourth-order valence-corrected chi connectivity index (χ4v) is 2.31. The van der Waals surface area contributed by atoms with Crippen LogP contribution in [-0.2, 0) is 5.60 Å². The maximum atomic E-state index is 10.8. The smallest absolute Gasteiger partial charge is 0.0971 e. The zero-order valence-corrected chi connectivity index (χ0v) is 10.6. The summed E-state index contributed by atoms with van der Waals surface area (Å²) in [5.41, 5.74) is 1.02. The van der Waals surface area contributed by atoms with Crippen molar-refractivity contribution in [3.8, 4) is 0 Å². The predicted molar refractivity (Wildman–Crippen MR) is 75.4 cm³/mol. The Morgan fingerprint density at radius 2 is 1.50 bits per heavy atom. The SMILES string of the molecule is C=C[C@@H](c1ccccc1)[C@@](C)(O)c1ccccc1. The second-order valence-electron chi connectivity index (χ2n) is 4.64. The van der Waals surface area contributed by atoms with Crippen LogP contribution in [0.15, 0.2) is 73.3 Å². The summed E-state index contributed by atoms with van der Waals surface area (Å²) in [7, 11) is 0. The molecular formula is C17H18O. The van der Waals surface area contributed by atoms with Gasteiger partial charge in [0, 0.05) is 5.92 Å². The van der Waals surface area contributed by atoms with Crippen LogP contribution in [0, 0.1) is 0 Å². The van der Waals surface area contributed by atoms with Gasteiger partial charge in [0.25, 0.3) is 0 Å². The lowest BCUT2D eigenvalue weighted by Gasteiger charge is -2.31. The molecule has 0 aromatic heterocycles. The summed E-state index contributed by atoms with van der Waals surface area (Å²) in [6, 6.07) is 19.7. The van der Waals surface area contributed by atoms with Crippen LogP contribution in [0.5, 0.6) is 0 Å². The number of benzene rings is 2. The van der Waals surface area contributed by atoms with Crippen LogP contribution in [0.2, 0.25) is 0 Å². The maximum Gasteiger partial charge on any atom is 0.0971 e. The molecule has 0 saturated carbocycles. The van der Waals surface area contributed by atoms with E-state index in [0.29, 0.717) is 0 Å². The molecule has 92 valence electrons. The first-order valence-electron chi connectivity index (χ1n) is 6.11. The molecule has 2 rings (SSSR count). The van der Waals surface area contributed by atoms with Gasteiger partial charge in [0.15, 0.2) is 0 Å². The molecule has 1 heteroatoms. The molecule has 18 heavy (non-hydrogen) atoms. The Morgan fingerprint density at radius 3 is 2.00 bits per heavy atom. The van der Waals surface area contributed by atoms with E-state index < -0.39 is 5.60 Å². The van der Waals surface area contributed by atoms with Crippen molar-refractivity contribution in [1.82, 2.24) is 0 Å². The van der Waals surface area contributed by atoms with Gasteiger partial charge in [0.05, 0.1) is 5.60 Å². The highest BCUT2D eigenvalue weighted by molar-refractivity contribution is 5.33. The van der Waals surface area contributed by atoms with Gasteiger partial charge < -0.3 is 5.11 Å². The van der Waals surface area contributed by atoms with Crippen LogP contribution in [0.25, 0.3) is 0 Å². The summed E-state index contributed by atoms with van der Waals surface area (Å²) < 4.78 is 0. The summed E-state index contributed by atoms with van der Waals surface area (Å²) in [6.45, 7) is 5.70. The largest absolute Gasteiger partial charge is 0.384 e. The van der Waals surface area contributed by atoms with Crippen molar-refractivity contribution >= 4 is 0 Å². The molecule has 0 fully saturated rings. The Balaban J connectivity index is 2.42. The Labute approximate surface area is 108 Å². The van der Waals surface area contributed by atoms with Crippen molar-refractivity contribution in [3.63, 3.8) is 0 Å². The maximum absolute atomic E-state index is 10.8. The van der Waals surface area contributed by atoms with Gasteiger partial charge >= 0.3 is 0 Å². The molecule has 1 N–H and O–H groups in total. The lowest BCUT2D eigenvalue weighted by Crippen LogP contribution is -2.28. The molecule has 0 bridgehead atoms. The van der Waals surface area contributed by atoms with Gasteiger partial charge in [-0.05, 0) is 18.1 Å². The molecule has 2 aromatic carbocycles. The molecule has 0 unspecified atom stereocenters. The molecule has 0 saturated heterocycles. The summed E-state index contributed by atoms with van der Waals surface area (Å²) in [4.78, 5) is 0. The third-order valence-electron chi connectivity index (χ3n) is 3.36. The minimum atomic E-state index is -0.954. The van der Waals surface area contributed by atoms with Gasteiger partial charge in [-0.15, -0.1) is 6.58 Å². The molecule has 0 aliphatic rings. The van der Waals surface area contributed by atoms with E-state index in [4.69, 9.17) is 0 Å². The first kappa shape index (κ1) is 12.6. The molecule has 0 heterocycles. The Kier molecular flexibility index (Phi) is 3.63. The van der Waals surface area contributed by atoms with E-state index in [2.05, 4.69) is 6.58 Å². The Hall–Kier alpha value is -1.86. The first-order chi connectivity index (χ1) is 8.66. The van der Waals surface area contributed by atoms with Crippen LogP contribution in [-0.4, -0.2) is 5.11 Å². The molecule has 0 spiro atoms. The predicted octanol–water partition coefficient (Wildman–Crippen LogP) is 3.86. The molecule has 0 aliphatic carbocycles. The van der Waals surface area contributed by atoms with Crippen LogP contribution in [0.1, 0.15) is 24.0 Å². The second kappa shape index (κ2) is 5.19. The van der Waals surface area contributed by atoms with E-state index in [1.807, 2.05) is 73.7 Å². The van der Waals surface area contributed by atoms with Crippen molar-refractivity contribution in [2.75, 3.05) is 0 Å². The quantitative estimate of drug-likeness (QED) is 0.802. The fraction of sp³-hybridized carbons (Fsp3) is 0.176. The van der Waals surface area contributed by atoms with E-state index in [0.717, 1.165) is 11.1 Å². The van der Waals surface area contributed by atoms with Crippen LogP contribution in [0.3, 0.4) is 0 Å². The van der Waals surface area contributed by atoms with Gasteiger partial charge in [-0.2, -0.15) is 0 Å². The lowest BCUT2D eigenvalue weighted by atomic mass is 9.79. The standard InChI is InChI=1S/C17H18O/c1-3-16(14-10-6-4-7-11-14)17(2,18)15-12-8-5-9-13-15/h3-13,16,18H,1H2,2H3/t16-,17-/m0/s1. The third-order valence-corrected chi connectivity index (χ3v) is 3.36. The fourth-order valence-electron chi connectivity index (χ4n) is 2.31. The van der Waals surface area contributed by atoms with E-state index in [-0.39, 0.29) is 5.92 Å². The molecule has 0 amide bonds. The average Bonchev–Trinajstić information content (AvgIpc) is 2.41. The normalized spacial score (nSPS) is 15.7. The number of hydrogen-bond donors (Lipinski definition) is 1. The molecule has 1 nitrogen and oxygen atoms in total. The van der Waals surface area contributed by atoms with E-state index >= 15 is 0 Å². The second-order valence-corrected chi connectivity index (χ2v) is 4.64. The van der Waals surface area contributed by atoms with Crippen LogP contribution >= 0.6 is 0 Å². The van der Waals surface area contributed by atoms with Gasteiger partial charge in [-0.3, -0.25) is 0 Å². The molecule has 2 aromatic rings. The number of hydrogen-bond acceptors (Lipinski definition) is 1. The highest BCUT2D eigenvalue weighted by atomic mass is 16.3. The van der Waals surface area contributed by atoms with E-state index in [1.165, 1.54) is 0 Å². The lowest BCUT2D eigenvalue weighted by molar-refractivity contribution is 0.0417. The number of aliphatic hydroxyl groups is 1. The van der Waals surface area contributed by atoms with Gasteiger partial charge in [-0.25, -0.2) is 0 Å². The molecule has 2 atom stereocenters. The van der Waals surface area contributed by atoms with Gasteiger partial charge in [0.2, 0.25) is 0 Å². The Bertz CT molecular complexity index is 500. The summed E-state index contributed by atoms with van der Waals surface area (Å²) in [5.74, 6) is -0.124. The monoisotopic (exact) mass is 238 g/mol. The van der Waals surface area contributed by atoms with Crippen molar-refractivity contribution in [3.05, 3.63) is 84.4 Å². The highest BCUT2D eigenvalue weighted by Crippen LogP contribution is 2.37. The third kappa shape index (κ3) is 2.36. The first-order valence-corrected chi connectivity index (χ1v) is 6.11. The van der Waals surface area contributed by atoms with Crippen molar-refractivity contribution in [1.29, 1.82) is 0 Å². The minimum absolute atomic E-state index is 0.124. The van der Waals surface area contributed by atoms with Crippen LogP contribution < -0.4 is 0 Å². The number of rotatable bonds is 4. The van der Waals surface area contributed by atoms with Gasteiger partial charge in [-0.1, -0.05) is 66.7 Å².